The molecular weight excluding hydrogens is 229 g/mol. The maximum atomic E-state index is 11.9. The standard InChI is InChI=1S/C6H12F2N2.C6H5F/c7-6(8)5-10-3-1-9-2-4-10;7-6-4-2-1-3-5-6/h6,9H,1-5H2;1-5H. The zero-order chi connectivity index (χ0) is 12.5. The SMILES string of the molecule is FC(F)CN1CCNCC1.Fc1ccccc1. The fraction of sp³-hybridized carbons (Fsp3) is 0.500. The van der Waals surface area contributed by atoms with Crippen LogP contribution < -0.4 is 5.32 Å². The number of alkyl halides is 2. The van der Waals surface area contributed by atoms with Gasteiger partial charge >= 0.3 is 0 Å². The summed E-state index contributed by atoms with van der Waals surface area (Å²) in [6, 6.07) is 7.94. The first-order chi connectivity index (χ1) is 8.18. The molecule has 96 valence electrons. The van der Waals surface area contributed by atoms with Crippen molar-refractivity contribution < 1.29 is 13.2 Å². The van der Waals surface area contributed by atoms with Crippen LogP contribution in [-0.4, -0.2) is 44.0 Å². The highest BCUT2D eigenvalue weighted by Gasteiger charge is 2.13. The van der Waals surface area contributed by atoms with Gasteiger partial charge in [0.1, 0.15) is 5.82 Å². The second kappa shape index (κ2) is 8.08. The van der Waals surface area contributed by atoms with E-state index in [-0.39, 0.29) is 12.4 Å². The molecule has 1 saturated heterocycles. The Kier molecular flexibility index (Phi) is 6.65. The monoisotopic (exact) mass is 246 g/mol. The zero-order valence-corrected chi connectivity index (χ0v) is 9.58. The van der Waals surface area contributed by atoms with Gasteiger partial charge in [-0.1, -0.05) is 18.2 Å². The van der Waals surface area contributed by atoms with E-state index in [9.17, 15) is 13.2 Å². The van der Waals surface area contributed by atoms with E-state index in [1.165, 1.54) is 12.1 Å². The van der Waals surface area contributed by atoms with Crippen molar-refractivity contribution >= 4 is 0 Å². The van der Waals surface area contributed by atoms with Gasteiger partial charge in [0, 0.05) is 26.2 Å². The van der Waals surface area contributed by atoms with Crippen LogP contribution in [-0.2, 0) is 0 Å². The van der Waals surface area contributed by atoms with Gasteiger partial charge in [-0.3, -0.25) is 4.90 Å². The normalized spacial score (nSPS) is 16.5. The highest BCUT2D eigenvalue weighted by Crippen LogP contribution is 1.98. The van der Waals surface area contributed by atoms with Gasteiger partial charge in [0.25, 0.3) is 6.43 Å². The van der Waals surface area contributed by atoms with Gasteiger partial charge in [0.15, 0.2) is 0 Å². The lowest BCUT2D eigenvalue weighted by Gasteiger charge is -2.26. The van der Waals surface area contributed by atoms with Crippen LogP contribution in [0.1, 0.15) is 0 Å². The van der Waals surface area contributed by atoms with E-state index in [1.54, 1.807) is 23.1 Å². The molecule has 17 heavy (non-hydrogen) atoms. The second-order valence-electron chi connectivity index (χ2n) is 3.74. The number of halogens is 3. The Balaban J connectivity index is 0.000000181. The summed E-state index contributed by atoms with van der Waals surface area (Å²) in [6.45, 7) is 3.12. The fourth-order valence-corrected chi connectivity index (χ4v) is 1.50. The summed E-state index contributed by atoms with van der Waals surface area (Å²) in [4.78, 5) is 1.78. The van der Waals surface area contributed by atoms with Crippen LogP contribution in [0.5, 0.6) is 0 Å². The molecule has 5 heteroatoms. The Hall–Kier alpha value is -1.07. The van der Waals surface area contributed by atoms with E-state index in [0.717, 1.165) is 26.2 Å². The van der Waals surface area contributed by atoms with Crippen LogP contribution in [0, 0.1) is 5.82 Å². The van der Waals surface area contributed by atoms with Crippen molar-refractivity contribution in [2.45, 2.75) is 6.43 Å². The molecule has 0 radical (unpaired) electrons. The van der Waals surface area contributed by atoms with E-state index < -0.39 is 6.43 Å². The third kappa shape index (κ3) is 6.97. The van der Waals surface area contributed by atoms with Gasteiger partial charge in [-0.2, -0.15) is 0 Å². The first kappa shape index (κ1) is 14.0. The van der Waals surface area contributed by atoms with Crippen LogP contribution >= 0.6 is 0 Å². The zero-order valence-electron chi connectivity index (χ0n) is 9.58. The number of nitrogens with zero attached hydrogens (tertiary/aromatic N) is 1. The molecule has 0 aromatic heterocycles. The minimum Gasteiger partial charge on any atom is -0.314 e. The topological polar surface area (TPSA) is 15.3 Å². The van der Waals surface area contributed by atoms with E-state index in [2.05, 4.69) is 5.32 Å². The molecule has 0 aliphatic carbocycles. The van der Waals surface area contributed by atoms with E-state index in [1.807, 2.05) is 0 Å². The molecule has 1 N–H and O–H groups in total. The third-order valence-electron chi connectivity index (χ3n) is 2.34. The van der Waals surface area contributed by atoms with Gasteiger partial charge in [-0.25, -0.2) is 13.2 Å². The molecule has 2 rings (SSSR count). The molecular formula is C12H17F3N2. The van der Waals surface area contributed by atoms with Gasteiger partial charge < -0.3 is 5.32 Å². The van der Waals surface area contributed by atoms with Gasteiger partial charge in [-0.05, 0) is 12.1 Å². The van der Waals surface area contributed by atoms with Crippen molar-refractivity contribution in [3.8, 4) is 0 Å². The molecule has 0 saturated carbocycles. The van der Waals surface area contributed by atoms with Crippen LogP contribution in [0.4, 0.5) is 13.2 Å². The van der Waals surface area contributed by atoms with Gasteiger partial charge in [-0.15, -0.1) is 0 Å². The lowest BCUT2D eigenvalue weighted by atomic mass is 10.4. The maximum absolute atomic E-state index is 11.9. The Morgan fingerprint density at radius 1 is 1.12 bits per heavy atom. The Bertz CT molecular complexity index is 287. The molecule has 1 aliphatic heterocycles. The Labute approximate surface area is 99.4 Å². The van der Waals surface area contributed by atoms with Gasteiger partial charge in [0.05, 0.1) is 6.54 Å². The molecule has 1 aliphatic rings. The smallest absolute Gasteiger partial charge is 0.251 e. The van der Waals surface area contributed by atoms with Crippen LogP contribution in [0.3, 0.4) is 0 Å². The lowest BCUT2D eigenvalue weighted by molar-refractivity contribution is 0.0822. The number of hydrogen-bond acceptors (Lipinski definition) is 2. The number of rotatable bonds is 2. The first-order valence-electron chi connectivity index (χ1n) is 5.60. The highest BCUT2D eigenvalue weighted by molar-refractivity contribution is 5.02. The van der Waals surface area contributed by atoms with E-state index >= 15 is 0 Å². The molecule has 1 fully saturated rings. The van der Waals surface area contributed by atoms with Crippen LogP contribution in [0.15, 0.2) is 30.3 Å². The van der Waals surface area contributed by atoms with Crippen molar-refractivity contribution in [3.63, 3.8) is 0 Å². The summed E-state index contributed by atoms with van der Waals surface area (Å²) in [6.07, 6.45) is -2.18. The molecule has 0 spiro atoms. The van der Waals surface area contributed by atoms with Crippen molar-refractivity contribution in [1.82, 2.24) is 10.2 Å². The maximum Gasteiger partial charge on any atom is 0.251 e. The van der Waals surface area contributed by atoms with E-state index in [0.29, 0.717) is 0 Å². The van der Waals surface area contributed by atoms with Crippen LogP contribution in [0.2, 0.25) is 0 Å². The summed E-state index contributed by atoms with van der Waals surface area (Å²) in [7, 11) is 0. The summed E-state index contributed by atoms with van der Waals surface area (Å²) in [5.41, 5.74) is 0. The highest BCUT2D eigenvalue weighted by atomic mass is 19.3. The number of nitrogens with one attached hydrogen (secondary N) is 1. The largest absolute Gasteiger partial charge is 0.314 e. The first-order valence-corrected chi connectivity index (χ1v) is 5.60. The fourth-order valence-electron chi connectivity index (χ4n) is 1.50. The third-order valence-corrected chi connectivity index (χ3v) is 2.34. The predicted molar refractivity (Wildman–Crippen MR) is 61.7 cm³/mol. The summed E-state index contributed by atoms with van der Waals surface area (Å²) in [5.74, 6) is -0.178. The summed E-state index contributed by atoms with van der Waals surface area (Å²) in [5, 5.41) is 3.10. The molecule has 1 aromatic carbocycles. The second-order valence-corrected chi connectivity index (χ2v) is 3.74. The number of hydrogen-bond donors (Lipinski definition) is 1. The predicted octanol–water partition coefficient (Wildman–Crippen LogP) is 1.98. The van der Waals surface area contributed by atoms with Crippen molar-refractivity contribution in [3.05, 3.63) is 36.1 Å². The molecule has 1 heterocycles. The molecule has 0 unspecified atom stereocenters. The summed E-state index contributed by atoms with van der Waals surface area (Å²) < 4.78 is 35.4. The molecule has 0 atom stereocenters. The van der Waals surface area contributed by atoms with Crippen LogP contribution in [0.25, 0.3) is 0 Å². The molecule has 0 bridgehead atoms. The molecule has 0 amide bonds. The molecule has 2 nitrogen and oxygen atoms in total. The van der Waals surface area contributed by atoms with E-state index in [4.69, 9.17) is 0 Å². The lowest BCUT2D eigenvalue weighted by Crippen LogP contribution is -2.45. The minimum absolute atomic E-state index is 0.0678. The Morgan fingerprint density at radius 3 is 2.12 bits per heavy atom. The average molecular weight is 246 g/mol. The summed E-state index contributed by atoms with van der Waals surface area (Å²) >= 11 is 0. The number of benzene rings is 1. The van der Waals surface area contributed by atoms with Gasteiger partial charge in [0.2, 0.25) is 0 Å². The average Bonchev–Trinajstić information content (AvgIpc) is 2.31. The van der Waals surface area contributed by atoms with Crippen molar-refractivity contribution in [1.29, 1.82) is 0 Å². The number of piperazine rings is 1. The minimum atomic E-state index is -2.18. The quantitative estimate of drug-likeness (QED) is 0.858. The molecule has 1 aromatic rings. The van der Waals surface area contributed by atoms with Crippen molar-refractivity contribution in [2.75, 3.05) is 32.7 Å². The van der Waals surface area contributed by atoms with Crippen molar-refractivity contribution in [2.24, 2.45) is 0 Å². The Morgan fingerprint density at radius 2 is 1.71 bits per heavy atom.